The standard InChI is InChI=1S/C11H16N4O/c1-7(2)12-10-6-5-9(14-15-10)11(16)13-8-3-4-8/h5-8H,3-4H2,1-2H3,(H,12,15)(H,13,16). The van der Waals surface area contributed by atoms with Crippen molar-refractivity contribution in [2.75, 3.05) is 5.32 Å². The van der Waals surface area contributed by atoms with Gasteiger partial charge in [0.2, 0.25) is 0 Å². The lowest BCUT2D eigenvalue weighted by Gasteiger charge is -2.08. The first-order valence-electron chi connectivity index (χ1n) is 5.56. The SMILES string of the molecule is CC(C)Nc1ccc(C(=O)NC2CC2)nn1. The molecular formula is C11H16N4O. The molecule has 1 fully saturated rings. The summed E-state index contributed by atoms with van der Waals surface area (Å²) in [5.41, 5.74) is 0.376. The van der Waals surface area contributed by atoms with Crippen LogP contribution in [0.2, 0.25) is 0 Å². The smallest absolute Gasteiger partial charge is 0.272 e. The highest BCUT2D eigenvalue weighted by Crippen LogP contribution is 2.19. The molecule has 2 rings (SSSR count). The molecule has 0 bridgehead atoms. The van der Waals surface area contributed by atoms with Crippen molar-refractivity contribution in [2.45, 2.75) is 38.8 Å². The Morgan fingerprint density at radius 3 is 2.62 bits per heavy atom. The Morgan fingerprint density at radius 1 is 1.38 bits per heavy atom. The molecule has 2 N–H and O–H groups in total. The second-order valence-corrected chi connectivity index (χ2v) is 4.35. The van der Waals surface area contributed by atoms with Crippen LogP contribution in [0.15, 0.2) is 12.1 Å². The van der Waals surface area contributed by atoms with Crippen molar-refractivity contribution < 1.29 is 4.79 Å². The fourth-order valence-corrected chi connectivity index (χ4v) is 1.31. The Labute approximate surface area is 94.6 Å². The molecule has 1 aliphatic carbocycles. The van der Waals surface area contributed by atoms with E-state index >= 15 is 0 Å². The molecule has 1 aliphatic rings. The van der Waals surface area contributed by atoms with Gasteiger partial charge in [0.1, 0.15) is 5.82 Å². The van der Waals surface area contributed by atoms with Crippen molar-refractivity contribution >= 4 is 11.7 Å². The average molecular weight is 220 g/mol. The van der Waals surface area contributed by atoms with Crippen molar-refractivity contribution in [3.05, 3.63) is 17.8 Å². The Hall–Kier alpha value is -1.65. The number of carbonyl (C=O) groups excluding carboxylic acids is 1. The van der Waals surface area contributed by atoms with Crippen molar-refractivity contribution in [3.63, 3.8) is 0 Å². The Morgan fingerprint density at radius 2 is 2.12 bits per heavy atom. The molecular weight excluding hydrogens is 204 g/mol. The highest BCUT2D eigenvalue weighted by molar-refractivity contribution is 5.92. The van der Waals surface area contributed by atoms with E-state index in [9.17, 15) is 4.79 Å². The molecule has 0 unspecified atom stereocenters. The van der Waals surface area contributed by atoms with E-state index < -0.39 is 0 Å². The van der Waals surface area contributed by atoms with Gasteiger partial charge >= 0.3 is 0 Å². The van der Waals surface area contributed by atoms with Gasteiger partial charge < -0.3 is 10.6 Å². The van der Waals surface area contributed by atoms with Crippen LogP contribution in [0.4, 0.5) is 5.82 Å². The van der Waals surface area contributed by atoms with Crippen LogP contribution in [-0.2, 0) is 0 Å². The number of nitrogens with zero attached hydrogens (tertiary/aromatic N) is 2. The first-order valence-corrected chi connectivity index (χ1v) is 5.56. The van der Waals surface area contributed by atoms with E-state index in [1.807, 2.05) is 13.8 Å². The quantitative estimate of drug-likeness (QED) is 0.799. The van der Waals surface area contributed by atoms with Crippen LogP contribution in [0, 0.1) is 0 Å². The Kier molecular flexibility index (Phi) is 3.03. The molecule has 1 amide bonds. The predicted octanol–water partition coefficient (Wildman–Crippen LogP) is 1.19. The van der Waals surface area contributed by atoms with Crippen LogP contribution in [0.25, 0.3) is 0 Å². The van der Waals surface area contributed by atoms with Crippen LogP contribution in [0.5, 0.6) is 0 Å². The third kappa shape index (κ3) is 2.92. The topological polar surface area (TPSA) is 66.9 Å². The molecule has 0 spiro atoms. The molecule has 1 aromatic heterocycles. The van der Waals surface area contributed by atoms with Crippen LogP contribution in [-0.4, -0.2) is 28.2 Å². The minimum absolute atomic E-state index is 0.133. The highest BCUT2D eigenvalue weighted by Gasteiger charge is 2.24. The van der Waals surface area contributed by atoms with E-state index in [-0.39, 0.29) is 5.91 Å². The van der Waals surface area contributed by atoms with Gasteiger partial charge in [0.15, 0.2) is 5.69 Å². The summed E-state index contributed by atoms with van der Waals surface area (Å²) in [5.74, 6) is 0.559. The van der Waals surface area contributed by atoms with Gasteiger partial charge in [0, 0.05) is 12.1 Å². The lowest BCUT2D eigenvalue weighted by Crippen LogP contribution is -2.26. The number of amides is 1. The minimum atomic E-state index is -0.133. The van der Waals surface area contributed by atoms with Crippen LogP contribution in [0.1, 0.15) is 37.2 Å². The fraction of sp³-hybridized carbons (Fsp3) is 0.545. The molecule has 0 aromatic carbocycles. The molecule has 16 heavy (non-hydrogen) atoms. The first-order chi connectivity index (χ1) is 7.65. The van der Waals surface area contributed by atoms with Gasteiger partial charge in [0.25, 0.3) is 5.91 Å². The number of anilines is 1. The highest BCUT2D eigenvalue weighted by atomic mass is 16.2. The largest absolute Gasteiger partial charge is 0.366 e. The van der Waals surface area contributed by atoms with E-state index in [2.05, 4.69) is 20.8 Å². The first kappa shape index (κ1) is 10.9. The maximum absolute atomic E-state index is 11.6. The van der Waals surface area contributed by atoms with E-state index in [0.717, 1.165) is 12.8 Å². The third-order valence-corrected chi connectivity index (χ3v) is 2.25. The number of hydrogen-bond donors (Lipinski definition) is 2. The monoisotopic (exact) mass is 220 g/mol. The van der Waals surface area contributed by atoms with Crippen molar-refractivity contribution in [1.29, 1.82) is 0 Å². The Bertz CT molecular complexity index is 370. The summed E-state index contributed by atoms with van der Waals surface area (Å²) in [5, 5.41) is 13.8. The zero-order valence-electron chi connectivity index (χ0n) is 9.53. The maximum Gasteiger partial charge on any atom is 0.272 e. The molecule has 1 heterocycles. The molecule has 86 valence electrons. The van der Waals surface area contributed by atoms with Crippen LogP contribution >= 0.6 is 0 Å². The number of hydrogen-bond acceptors (Lipinski definition) is 4. The third-order valence-electron chi connectivity index (χ3n) is 2.25. The predicted molar refractivity (Wildman–Crippen MR) is 61.3 cm³/mol. The minimum Gasteiger partial charge on any atom is -0.366 e. The van der Waals surface area contributed by atoms with E-state index in [1.165, 1.54) is 0 Å². The van der Waals surface area contributed by atoms with Gasteiger partial charge in [-0.25, -0.2) is 0 Å². The normalized spacial score (nSPS) is 14.9. The summed E-state index contributed by atoms with van der Waals surface area (Å²) in [7, 11) is 0. The van der Waals surface area contributed by atoms with Gasteiger partial charge in [-0.3, -0.25) is 4.79 Å². The second kappa shape index (κ2) is 4.47. The molecule has 0 saturated heterocycles. The Balaban J connectivity index is 1.97. The van der Waals surface area contributed by atoms with Crippen molar-refractivity contribution in [2.24, 2.45) is 0 Å². The summed E-state index contributed by atoms with van der Waals surface area (Å²) in [4.78, 5) is 11.6. The summed E-state index contributed by atoms with van der Waals surface area (Å²) in [6.45, 7) is 4.05. The van der Waals surface area contributed by atoms with Crippen molar-refractivity contribution in [1.82, 2.24) is 15.5 Å². The molecule has 1 aromatic rings. The zero-order chi connectivity index (χ0) is 11.5. The van der Waals surface area contributed by atoms with E-state index in [0.29, 0.717) is 23.6 Å². The molecule has 5 nitrogen and oxygen atoms in total. The summed E-state index contributed by atoms with van der Waals surface area (Å²) >= 11 is 0. The van der Waals surface area contributed by atoms with Crippen LogP contribution < -0.4 is 10.6 Å². The summed E-state index contributed by atoms with van der Waals surface area (Å²) in [6.07, 6.45) is 2.15. The lowest BCUT2D eigenvalue weighted by molar-refractivity contribution is 0.0945. The average Bonchev–Trinajstić information content (AvgIpc) is 3.01. The molecule has 0 radical (unpaired) electrons. The number of carbonyl (C=O) groups is 1. The van der Waals surface area contributed by atoms with Gasteiger partial charge in [-0.05, 0) is 38.8 Å². The molecule has 0 aliphatic heterocycles. The number of aromatic nitrogens is 2. The van der Waals surface area contributed by atoms with Gasteiger partial charge in [-0.1, -0.05) is 0 Å². The van der Waals surface area contributed by atoms with Crippen LogP contribution in [0.3, 0.4) is 0 Å². The van der Waals surface area contributed by atoms with Gasteiger partial charge in [-0.2, -0.15) is 0 Å². The molecule has 1 saturated carbocycles. The van der Waals surface area contributed by atoms with Gasteiger partial charge in [-0.15, -0.1) is 10.2 Å². The second-order valence-electron chi connectivity index (χ2n) is 4.35. The molecule has 5 heteroatoms. The van der Waals surface area contributed by atoms with Gasteiger partial charge in [0.05, 0.1) is 0 Å². The zero-order valence-corrected chi connectivity index (χ0v) is 9.53. The lowest BCUT2D eigenvalue weighted by atomic mass is 10.3. The van der Waals surface area contributed by atoms with Crippen molar-refractivity contribution in [3.8, 4) is 0 Å². The summed E-state index contributed by atoms with van der Waals surface area (Å²) in [6, 6.07) is 4.12. The summed E-state index contributed by atoms with van der Waals surface area (Å²) < 4.78 is 0. The maximum atomic E-state index is 11.6. The fourth-order valence-electron chi connectivity index (χ4n) is 1.31. The molecule has 0 atom stereocenters. The number of nitrogens with one attached hydrogen (secondary N) is 2. The van der Waals surface area contributed by atoms with E-state index in [1.54, 1.807) is 12.1 Å². The van der Waals surface area contributed by atoms with E-state index in [4.69, 9.17) is 0 Å². The number of rotatable bonds is 4.